The monoisotopic (exact) mass is 216 g/mol. The molecule has 0 aliphatic carbocycles. The van der Waals surface area contributed by atoms with Crippen molar-refractivity contribution in [1.29, 1.82) is 0 Å². The SMILES string of the molecule is COc1cc(Cl)c(B(O)O)cc1OC. The zero-order valence-electron chi connectivity index (χ0n) is 7.82. The Morgan fingerprint density at radius 2 is 1.64 bits per heavy atom. The van der Waals surface area contributed by atoms with Crippen molar-refractivity contribution < 1.29 is 19.5 Å². The Morgan fingerprint density at radius 3 is 2.07 bits per heavy atom. The van der Waals surface area contributed by atoms with Crippen molar-refractivity contribution >= 4 is 24.2 Å². The minimum atomic E-state index is -1.62. The van der Waals surface area contributed by atoms with E-state index < -0.39 is 7.12 Å². The van der Waals surface area contributed by atoms with Crippen LogP contribution in [0, 0.1) is 0 Å². The van der Waals surface area contributed by atoms with Crippen LogP contribution < -0.4 is 14.9 Å². The van der Waals surface area contributed by atoms with E-state index in [1.165, 1.54) is 26.4 Å². The van der Waals surface area contributed by atoms with Crippen molar-refractivity contribution in [3.63, 3.8) is 0 Å². The van der Waals surface area contributed by atoms with Crippen LogP contribution in [0.15, 0.2) is 12.1 Å². The number of hydrogen-bond donors (Lipinski definition) is 2. The molecule has 0 unspecified atom stereocenters. The lowest BCUT2D eigenvalue weighted by Gasteiger charge is -2.10. The molecule has 0 atom stereocenters. The highest BCUT2D eigenvalue weighted by Gasteiger charge is 2.18. The Kier molecular flexibility index (Phi) is 3.63. The van der Waals surface area contributed by atoms with Crippen molar-refractivity contribution in [1.82, 2.24) is 0 Å². The number of halogens is 1. The van der Waals surface area contributed by atoms with Gasteiger partial charge in [0.1, 0.15) is 0 Å². The average Bonchev–Trinajstić information content (AvgIpc) is 2.16. The number of methoxy groups -OCH3 is 2. The lowest BCUT2D eigenvalue weighted by molar-refractivity contribution is 0.355. The molecule has 76 valence electrons. The highest BCUT2D eigenvalue weighted by atomic mass is 35.5. The fourth-order valence-electron chi connectivity index (χ4n) is 1.07. The van der Waals surface area contributed by atoms with Gasteiger partial charge in [0.05, 0.1) is 14.2 Å². The first-order chi connectivity index (χ1) is 6.60. The molecule has 0 spiro atoms. The first-order valence-electron chi connectivity index (χ1n) is 3.87. The van der Waals surface area contributed by atoms with Crippen LogP contribution in [-0.2, 0) is 0 Å². The number of rotatable bonds is 3. The first-order valence-corrected chi connectivity index (χ1v) is 4.25. The molecule has 0 bridgehead atoms. The molecule has 1 rings (SSSR count). The summed E-state index contributed by atoms with van der Waals surface area (Å²) in [6, 6.07) is 2.89. The van der Waals surface area contributed by atoms with E-state index in [1.807, 2.05) is 0 Å². The molecule has 0 radical (unpaired) electrons. The summed E-state index contributed by atoms with van der Waals surface area (Å²) >= 11 is 5.78. The molecule has 2 N–H and O–H groups in total. The van der Waals surface area contributed by atoms with Crippen LogP contribution >= 0.6 is 11.6 Å². The predicted octanol–water partition coefficient (Wildman–Crippen LogP) is 0.0370. The van der Waals surface area contributed by atoms with E-state index in [-0.39, 0.29) is 10.5 Å². The largest absolute Gasteiger partial charge is 0.493 e. The molecule has 4 nitrogen and oxygen atoms in total. The van der Waals surface area contributed by atoms with Gasteiger partial charge in [-0.2, -0.15) is 0 Å². The van der Waals surface area contributed by atoms with Gasteiger partial charge in [-0.3, -0.25) is 0 Å². The molecule has 0 heterocycles. The summed E-state index contributed by atoms with van der Waals surface area (Å²) in [5, 5.41) is 18.1. The summed E-state index contributed by atoms with van der Waals surface area (Å²) in [6.45, 7) is 0. The summed E-state index contributed by atoms with van der Waals surface area (Å²) in [4.78, 5) is 0. The molecule has 0 saturated heterocycles. The lowest BCUT2D eigenvalue weighted by atomic mass is 9.80. The fraction of sp³-hybridized carbons (Fsp3) is 0.250. The standard InChI is InChI=1S/C8H10BClO4/c1-13-7-3-5(9(11)12)6(10)4-8(7)14-2/h3-4,11-12H,1-2H3. The smallest absolute Gasteiger partial charge is 0.490 e. The van der Waals surface area contributed by atoms with Gasteiger partial charge >= 0.3 is 7.12 Å². The maximum absolute atomic E-state index is 8.96. The normalized spacial score (nSPS) is 9.79. The van der Waals surface area contributed by atoms with Gasteiger partial charge in [-0.15, -0.1) is 0 Å². The van der Waals surface area contributed by atoms with E-state index in [1.54, 1.807) is 0 Å². The first kappa shape index (κ1) is 11.2. The Hall–Kier alpha value is -0.905. The summed E-state index contributed by atoms with van der Waals surface area (Å²) in [7, 11) is 1.31. The highest BCUT2D eigenvalue weighted by Crippen LogP contribution is 2.28. The van der Waals surface area contributed by atoms with Crippen LogP contribution in [0.3, 0.4) is 0 Å². The topological polar surface area (TPSA) is 58.9 Å². The number of ether oxygens (including phenoxy) is 2. The van der Waals surface area contributed by atoms with Gasteiger partial charge in [-0.05, 0) is 6.07 Å². The molecule has 0 aliphatic heterocycles. The number of benzene rings is 1. The molecule has 1 aromatic carbocycles. The Morgan fingerprint density at radius 1 is 1.14 bits per heavy atom. The van der Waals surface area contributed by atoms with Gasteiger partial charge in [0, 0.05) is 16.6 Å². The van der Waals surface area contributed by atoms with Crippen molar-refractivity contribution in [2.45, 2.75) is 0 Å². The zero-order chi connectivity index (χ0) is 10.7. The molecule has 0 saturated carbocycles. The third-order valence-corrected chi connectivity index (χ3v) is 2.11. The van der Waals surface area contributed by atoms with Crippen LogP contribution in [0.4, 0.5) is 0 Å². The van der Waals surface area contributed by atoms with Gasteiger partial charge in [-0.1, -0.05) is 11.6 Å². The van der Waals surface area contributed by atoms with E-state index in [9.17, 15) is 0 Å². The zero-order valence-corrected chi connectivity index (χ0v) is 8.58. The second-order valence-corrected chi connectivity index (χ2v) is 3.01. The maximum atomic E-state index is 8.96. The van der Waals surface area contributed by atoms with Gasteiger partial charge in [-0.25, -0.2) is 0 Å². The van der Waals surface area contributed by atoms with Crippen molar-refractivity contribution in [3.05, 3.63) is 17.2 Å². The molecule has 0 aliphatic rings. The van der Waals surface area contributed by atoms with Crippen LogP contribution in [0.1, 0.15) is 0 Å². The summed E-state index contributed by atoms with van der Waals surface area (Å²) in [5.41, 5.74) is 0.185. The molecule has 1 aromatic rings. The second kappa shape index (κ2) is 4.55. The highest BCUT2D eigenvalue weighted by molar-refractivity contribution is 6.62. The average molecular weight is 216 g/mol. The van der Waals surface area contributed by atoms with Crippen LogP contribution in [0.25, 0.3) is 0 Å². The van der Waals surface area contributed by atoms with Crippen LogP contribution in [0.5, 0.6) is 11.5 Å². The third-order valence-electron chi connectivity index (χ3n) is 1.78. The molecule has 14 heavy (non-hydrogen) atoms. The summed E-state index contributed by atoms with van der Waals surface area (Å²) in [5.74, 6) is 0.849. The van der Waals surface area contributed by atoms with E-state index in [0.717, 1.165) is 0 Å². The van der Waals surface area contributed by atoms with Crippen LogP contribution in [0.2, 0.25) is 5.02 Å². The van der Waals surface area contributed by atoms with Crippen molar-refractivity contribution in [3.8, 4) is 11.5 Å². The quantitative estimate of drug-likeness (QED) is 0.700. The summed E-state index contributed by atoms with van der Waals surface area (Å²) < 4.78 is 9.96. The summed E-state index contributed by atoms with van der Waals surface area (Å²) in [6.07, 6.45) is 0. The lowest BCUT2D eigenvalue weighted by Crippen LogP contribution is -2.30. The third kappa shape index (κ3) is 2.12. The van der Waals surface area contributed by atoms with E-state index in [2.05, 4.69) is 0 Å². The predicted molar refractivity (Wildman–Crippen MR) is 54.4 cm³/mol. The van der Waals surface area contributed by atoms with Gasteiger partial charge in [0.15, 0.2) is 11.5 Å². The molecular weight excluding hydrogens is 206 g/mol. The minimum Gasteiger partial charge on any atom is -0.493 e. The second-order valence-electron chi connectivity index (χ2n) is 2.60. The molecule has 0 fully saturated rings. The van der Waals surface area contributed by atoms with Crippen LogP contribution in [-0.4, -0.2) is 31.4 Å². The Bertz CT molecular complexity index is 329. The molecule has 6 heteroatoms. The maximum Gasteiger partial charge on any atom is 0.490 e. The van der Waals surface area contributed by atoms with Gasteiger partial charge in [0.25, 0.3) is 0 Å². The Balaban J connectivity index is 3.23. The molecular formula is C8H10BClO4. The van der Waals surface area contributed by atoms with Crippen molar-refractivity contribution in [2.75, 3.05) is 14.2 Å². The Labute approximate surface area is 87.2 Å². The van der Waals surface area contributed by atoms with E-state index in [0.29, 0.717) is 11.5 Å². The fourth-order valence-corrected chi connectivity index (χ4v) is 1.32. The van der Waals surface area contributed by atoms with E-state index >= 15 is 0 Å². The van der Waals surface area contributed by atoms with Crippen molar-refractivity contribution in [2.24, 2.45) is 0 Å². The molecule has 0 aromatic heterocycles. The number of hydrogen-bond acceptors (Lipinski definition) is 4. The van der Waals surface area contributed by atoms with Gasteiger partial charge < -0.3 is 19.5 Å². The van der Waals surface area contributed by atoms with E-state index in [4.69, 9.17) is 31.1 Å². The molecule has 0 amide bonds. The van der Waals surface area contributed by atoms with Gasteiger partial charge in [0.2, 0.25) is 0 Å². The minimum absolute atomic E-state index is 0.185.